The minimum atomic E-state index is -0.228. The monoisotopic (exact) mass is 274 g/mol. The summed E-state index contributed by atoms with van der Waals surface area (Å²) in [6, 6.07) is 1.73. The van der Waals surface area contributed by atoms with Crippen LogP contribution in [0.3, 0.4) is 0 Å². The number of nitrogen functional groups attached to an aromatic ring is 1. The van der Waals surface area contributed by atoms with E-state index in [0.29, 0.717) is 17.8 Å². The Morgan fingerprint density at radius 3 is 2.80 bits per heavy atom. The first-order valence-electron chi connectivity index (χ1n) is 6.22. The zero-order valence-electron chi connectivity index (χ0n) is 11.8. The number of aryl methyl sites for hydroxylation is 3. The molecule has 106 valence electrons. The van der Waals surface area contributed by atoms with Crippen molar-refractivity contribution in [3.05, 3.63) is 41.0 Å². The van der Waals surface area contributed by atoms with Gasteiger partial charge in [0.15, 0.2) is 0 Å². The van der Waals surface area contributed by atoms with Crippen molar-refractivity contribution in [2.75, 3.05) is 5.43 Å². The molecular formula is C13H18N6O. The summed E-state index contributed by atoms with van der Waals surface area (Å²) in [7, 11) is 1.85. The van der Waals surface area contributed by atoms with E-state index in [2.05, 4.69) is 20.8 Å². The summed E-state index contributed by atoms with van der Waals surface area (Å²) in [4.78, 5) is 16.3. The van der Waals surface area contributed by atoms with Gasteiger partial charge in [-0.15, -0.1) is 0 Å². The smallest absolute Gasteiger partial charge is 0.255 e. The number of hydrogen-bond donors (Lipinski definition) is 3. The number of nitrogens with one attached hydrogen (secondary N) is 2. The molecule has 0 fully saturated rings. The fourth-order valence-electron chi connectivity index (χ4n) is 1.95. The first-order valence-corrected chi connectivity index (χ1v) is 6.22. The summed E-state index contributed by atoms with van der Waals surface area (Å²) in [6.07, 6.45) is 3.39. The van der Waals surface area contributed by atoms with Crippen LogP contribution in [0, 0.1) is 13.8 Å². The number of carbonyl (C=O) groups excluding carboxylic acids is 1. The molecule has 2 rings (SSSR count). The largest absolute Gasteiger partial charge is 0.348 e. The van der Waals surface area contributed by atoms with E-state index in [1.807, 2.05) is 27.1 Å². The van der Waals surface area contributed by atoms with Gasteiger partial charge in [-0.1, -0.05) is 0 Å². The zero-order valence-corrected chi connectivity index (χ0v) is 11.8. The van der Waals surface area contributed by atoms with E-state index >= 15 is 0 Å². The number of rotatable bonds is 4. The molecule has 0 radical (unpaired) electrons. The highest BCUT2D eigenvalue weighted by Crippen LogP contribution is 2.14. The lowest BCUT2D eigenvalue weighted by atomic mass is 10.2. The van der Waals surface area contributed by atoms with Crippen LogP contribution >= 0.6 is 0 Å². The second-order valence-corrected chi connectivity index (χ2v) is 4.61. The average molecular weight is 274 g/mol. The van der Waals surface area contributed by atoms with Crippen molar-refractivity contribution in [1.82, 2.24) is 20.1 Å². The van der Waals surface area contributed by atoms with E-state index < -0.39 is 0 Å². The van der Waals surface area contributed by atoms with Gasteiger partial charge in [-0.2, -0.15) is 5.10 Å². The van der Waals surface area contributed by atoms with E-state index in [9.17, 15) is 4.79 Å². The number of carbonyl (C=O) groups is 1. The Hall–Kier alpha value is -2.41. The van der Waals surface area contributed by atoms with Crippen LogP contribution < -0.4 is 16.6 Å². The minimum absolute atomic E-state index is 0.228. The molecule has 2 aromatic rings. The maximum Gasteiger partial charge on any atom is 0.255 e. The second kappa shape index (κ2) is 5.70. The molecule has 20 heavy (non-hydrogen) atoms. The summed E-state index contributed by atoms with van der Waals surface area (Å²) in [5.41, 5.74) is 6.14. The molecule has 0 aliphatic rings. The van der Waals surface area contributed by atoms with Crippen molar-refractivity contribution in [1.29, 1.82) is 0 Å². The van der Waals surface area contributed by atoms with E-state index in [1.165, 1.54) is 6.20 Å². The molecule has 0 spiro atoms. The fourth-order valence-corrected chi connectivity index (χ4v) is 1.95. The van der Waals surface area contributed by atoms with Crippen molar-refractivity contribution < 1.29 is 4.79 Å². The molecular weight excluding hydrogens is 256 g/mol. The van der Waals surface area contributed by atoms with Gasteiger partial charge in [0.2, 0.25) is 0 Å². The van der Waals surface area contributed by atoms with Crippen LogP contribution in [0.15, 0.2) is 18.5 Å². The number of hydrazine groups is 1. The molecule has 4 N–H and O–H groups in total. The third-order valence-electron chi connectivity index (χ3n) is 3.00. The topological polar surface area (TPSA) is 97.9 Å². The van der Waals surface area contributed by atoms with Crippen molar-refractivity contribution >= 4 is 11.6 Å². The molecule has 7 heteroatoms. The van der Waals surface area contributed by atoms with Gasteiger partial charge in [-0.05, 0) is 19.9 Å². The number of aromatic nitrogens is 3. The first kappa shape index (κ1) is 14.0. The maximum absolute atomic E-state index is 12.2. The fraction of sp³-hybridized carbons (Fsp3) is 0.308. The summed E-state index contributed by atoms with van der Waals surface area (Å²) < 4.78 is 1.72. The maximum atomic E-state index is 12.2. The van der Waals surface area contributed by atoms with Crippen LogP contribution in [-0.4, -0.2) is 20.7 Å². The lowest BCUT2D eigenvalue weighted by Crippen LogP contribution is -2.25. The van der Waals surface area contributed by atoms with Crippen molar-refractivity contribution in [2.24, 2.45) is 12.9 Å². The van der Waals surface area contributed by atoms with E-state index in [1.54, 1.807) is 10.7 Å². The third-order valence-corrected chi connectivity index (χ3v) is 3.00. The third kappa shape index (κ3) is 2.94. The quantitative estimate of drug-likeness (QED) is 0.561. The summed E-state index contributed by atoms with van der Waals surface area (Å²) >= 11 is 0. The number of pyridine rings is 1. The Morgan fingerprint density at radius 2 is 2.20 bits per heavy atom. The highest BCUT2D eigenvalue weighted by Gasteiger charge is 2.12. The predicted octanol–water partition coefficient (Wildman–Crippen LogP) is 0.648. The Labute approximate surface area is 117 Å². The van der Waals surface area contributed by atoms with Crippen molar-refractivity contribution in [2.45, 2.75) is 20.4 Å². The van der Waals surface area contributed by atoms with Crippen LogP contribution in [0.4, 0.5) is 5.69 Å². The molecule has 0 unspecified atom stereocenters. The molecule has 2 heterocycles. The van der Waals surface area contributed by atoms with E-state index in [0.717, 1.165) is 17.0 Å². The molecule has 0 atom stereocenters. The molecule has 0 aliphatic heterocycles. The van der Waals surface area contributed by atoms with Crippen molar-refractivity contribution in [3.63, 3.8) is 0 Å². The summed E-state index contributed by atoms with van der Waals surface area (Å²) in [6.45, 7) is 4.15. The zero-order chi connectivity index (χ0) is 14.7. The molecule has 0 aliphatic carbocycles. The number of anilines is 1. The van der Waals surface area contributed by atoms with Crippen LogP contribution in [0.25, 0.3) is 0 Å². The number of nitrogens with zero attached hydrogens (tertiary/aromatic N) is 3. The van der Waals surface area contributed by atoms with Crippen LogP contribution in [0.5, 0.6) is 0 Å². The average Bonchev–Trinajstić information content (AvgIpc) is 2.74. The van der Waals surface area contributed by atoms with E-state index in [-0.39, 0.29) is 5.91 Å². The summed E-state index contributed by atoms with van der Waals surface area (Å²) in [5, 5.41) is 7.06. The SMILES string of the molecule is Cc1cc(NN)c(C(=O)NCc2cn(C)nc2C)cn1. The van der Waals surface area contributed by atoms with Gasteiger partial charge in [0.05, 0.1) is 16.9 Å². The van der Waals surface area contributed by atoms with Gasteiger partial charge in [0, 0.05) is 37.2 Å². The van der Waals surface area contributed by atoms with Gasteiger partial charge < -0.3 is 10.7 Å². The van der Waals surface area contributed by atoms with Gasteiger partial charge in [0.1, 0.15) is 0 Å². The van der Waals surface area contributed by atoms with Crippen LogP contribution in [0.2, 0.25) is 0 Å². The Kier molecular flexibility index (Phi) is 3.99. The Bertz CT molecular complexity index is 634. The van der Waals surface area contributed by atoms with Crippen LogP contribution in [-0.2, 0) is 13.6 Å². The lowest BCUT2D eigenvalue weighted by Gasteiger charge is -2.09. The van der Waals surface area contributed by atoms with E-state index in [4.69, 9.17) is 5.84 Å². The van der Waals surface area contributed by atoms with Gasteiger partial charge in [-0.25, -0.2) is 0 Å². The first-order chi connectivity index (χ1) is 9.51. The lowest BCUT2D eigenvalue weighted by molar-refractivity contribution is 0.0951. The minimum Gasteiger partial charge on any atom is -0.348 e. The number of nitrogens with two attached hydrogens (primary N) is 1. The van der Waals surface area contributed by atoms with Gasteiger partial charge >= 0.3 is 0 Å². The Morgan fingerprint density at radius 1 is 1.45 bits per heavy atom. The number of amides is 1. The molecule has 1 amide bonds. The molecule has 7 nitrogen and oxygen atoms in total. The standard InChI is InChI=1S/C13H18N6O/c1-8-4-12(17-14)11(6-15-8)13(20)16-5-10-7-19(3)18-9(10)2/h4,6-7H,5,14H2,1-3H3,(H,15,17)(H,16,20). The van der Waals surface area contributed by atoms with Crippen LogP contribution in [0.1, 0.15) is 27.3 Å². The molecule has 0 saturated carbocycles. The number of hydrogen-bond acceptors (Lipinski definition) is 5. The molecule has 0 aromatic carbocycles. The molecule has 0 bridgehead atoms. The summed E-state index contributed by atoms with van der Waals surface area (Å²) in [5.74, 6) is 5.19. The molecule has 2 aromatic heterocycles. The van der Waals surface area contributed by atoms with Crippen molar-refractivity contribution in [3.8, 4) is 0 Å². The Balaban J connectivity index is 2.11. The second-order valence-electron chi connectivity index (χ2n) is 4.61. The van der Waals surface area contributed by atoms with Gasteiger partial charge in [0.25, 0.3) is 5.91 Å². The highest BCUT2D eigenvalue weighted by molar-refractivity contribution is 5.99. The predicted molar refractivity (Wildman–Crippen MR) is 75.9 cm³/mol. The molecule has 0 saturated heterocycles. The normalized spacial score (nSPS) is 10.4. The highest BCUT2D eigenvalue weighted by atomic mass is 16.1. The van der Waals surface area contributed by atoms with Gasteiger partial charge in [-0.3, -0.25) is 20.3 Å².